The molecule has 0 spiro atoms. The minimum absolute atomic E-state index is 0.0396. The highest BCUT2D eigenvalue weighted by Crippen LogP contribution is 2.20. The zero-order chi connectivity index (χ0) is 104. The average molecular weight is 2100 g/mol. The third kappa shape index (κ3) is 90.6. The molecule has 33 nitrogen and oxygen atoms in total. The quantitative estimate of drug-likeness (QED) is 0.0254. The topological polar surface area (TPSA) is 473 Å². The van der Waals surface area contributed by atoms with Crippen molar-refractivity contribution in [3.05, 3.63) is 91.9 Å². The molecule has 0 unspecified atom stereocenters. The second kappa shape index (κ2) is 89.5. The highest BCUT2D eigenvalue weighted by molar-refractivity contribution is 6.88. The molecule has 0 bridgehead atoms. The summed E-state index contributed by atoms with van der Waals surface area (Å²) in [6.45, 7) is 73.9. The summed E-state index contributed by atoms with van der Waals surface area (Å²) >= 11 is 0. The fourth-order valence-electron chi connectivity index (χ4n) is 7.57. The average Bonchev–Trinajstić information content (AvgIpc) is 0.955. The van der Waals surface area contributed by atoms with Gasteiger partial charge in [-0.25, -0.2) is 0 Å². The van der Waals surface area contributed by atoms with E-state index in [-0.39, 0.29) is 62.3 Å². The van der Waals surface area contributed by atoms with Crippen LogP contribution in [0.1, 0.15) is 41.5 Å². The Hall–Kier alpha value is -1.67. The van der Waals surface area contributed by atoms with Crippen LogP contribution in [0.15, 0.2) is 91.9 Å². The summed E-state index contributed by atoms with van der Waals surface area (Å²) in [6, 6.07) is 1.37. The third-order valence-electron chi connectivity index (χ3n) is 17.1. The molecule has 0 saturated carbocycles. The minimum Gasteiger partial charge on any atom is -0.417 e. The Bertz CT molecular complexity index is 2560. The molecule has 127 heavy (non-hydrogen) atoms. The van der Waals surface area contributed by atoms with Crippen LogP contribution in [0.5, 0.6) is 0 Å². The smallest absolute Gasteiger partial charge is 0.417 e. The number of carbonyl (C=O) groups excluding carboxylic acids is 6. The zero-order valence-corrected chi connectivity index (χ0v) is 102. The molecule has 0 rings (SSSR count). The van der Waals surface area contributed by atoms with Gasteiger partial charge in [0.25, 0.3) is 0 Å². The van der Waals surface area contributed by atoms with Gasteiger partial charge in [0.15, 0.2) is 16.1 Å². The van der Waals surface area contributed by atoms with E-state index in [2.05, 4.69) is 157 Å². The van der Waals surface area contributed by atoms with Crippen LogP contribution in [0.2, 0.25) is 150 Å². The van der Waals surface area contributed by atoms with E-state index in [0.29, 0.717) is 32.1 Å². The molecule has 0 heterocycles. The maximum atomic E-state index is 9.17. The van der Waals surface area contributed by atoms with Crippen molar-refractivity contribution in [1.82, 2.24) is 0 Å². The van der Waals surface area contributed by atoms with Crippen LogP contribution in [0, 0.1) is 0 Å². The van der Waals surface area contributed by atoms with E-state index in [1.54, 1.807) is 66.9 Å². The molecular formula is C78H188O33Si16. The monoisotopic (exact) mass is 2100 g/mol. The van der Waals surface area contributed by atoms with Gasteiger partial charge in [0.2, 0.25) is 16.6 Å². The van der Waals surface area contributed by atoms with E-state index in [1.807, 2.05) is 137 Å². The van der Waals surface area contributed by atoms with E-state index < -0.39 is 133 Å². The molecule has 0 aliphatic heterocycles. The lowest BCUT2D eigenvalue weighted by molar-refractivity contribution is -0.0987. The van der Waals surface area contributed by atoms with Crippen molar-refractivity contribution in [3.8, 4) is 0 Å². The normalized spacial score (nSPS) is 12.7. The molecule has 11 N–H and O–H groups in total. The van der Waals surface area contributed by atoms with Gasteiger partial charge in [-0.3, -0.25) is 0 Å². The van der Waals surface area contributed by atoms with Gasteiger partial charge in [0.05, 0.1) is 32.3 Å². The van der Waals surface area contributed by atoms with E-state index in [9.17, 15) is 15.3 Å². The Kier molecular flexibility index (Phi) is 110. The lowest BCUT2D eigenvalue weighted by Crippen LogP contribution is -2.49. The van der Waals surface area contributed by atoms with Gasteiger partial charge in [-0.1, -0.05) is 160 Å². The van der Waals surface area contributed by atoms with Crippen LogP contribution in [0.3, 0.4) is 0 Å². The van der Waals surface area contributed by atoms with Gasteiger partial charge in [-0.05, 0) is 105 Å². The Morgan fingerprint density at radius 3 is 0.732 bits per heavy atom. The molecule has 0 aliphatic carbocycles. The van der Waals surface area contributed by atoms with Gasteiger partial charge < -0.3 is 156 Å². The predicted octanol–water partition coefficient (Wildman–Crippen LogP) is 8.66. The Labute approximate surface area is 786 Å². The molecule has 762 valence electrons. The number of aliphatic hydroxyl groups excluding tert-OH is 11. The third-order valence-corrected chi connectivity index (χ3v) is 54.2. The van der Waals surface area contributed by atoms with E-state index >= 15 is 0 Å². The second-order valence-electron chi connectivity index (χ2n) is 33.4. The molecule has 0 amide bonds. The van der Waals surface area contributed by atoms with Crippen molar-refractivity contribution in [3.63, 3.8) is 0 Å². The molecule has 0 atom stereocenters. The number of hydrogen-bond acceptors (Lipinski definition) is 33. The van der Waals surface area contributed by atoms with Gasteiger partial charge in [-0.2, -0.15) is 0 Å². The van der Waals surface area contributed by atoms with Gasteiger partial charge >= 0.3 is 51.9 Å². The highest BCUT2D eigenvalue weighted by Gasteiger charge is 2.40. The predicted molar refractivity (Wildman–Crippen MR) is 558 cm³/mol. The number of allylic oxidation sites excluding steroid dienone is 2. The van der Waals surface area contributed by atoms with Gasteiger partial charge in [-0.15, -0.1) is 5.70 Å². The number of rotatable bonds is 51. The second-order valence-corrected chi connectivity index (χ2v) is 95.9. The van der Waals surface area contributed by atoms with Crippen molar-refractivity contribution in [2.75, 3.05) is 179 Å². The first kappa shape index (κ1) is 156. The molecule has 0 aliphatic rings. The van der Waals surface area contributed by atoms with E-state index in [1.165, 1.54) is 21.3 Å². The van der Waals surface area contributed by atoms with Crippen molar-refractivity contribution in [1.29, 1.82) is 0 Å². The van der Waals surface area contributed by atoms with Crippen molar-refractivity contribution >= 4 is 174 Å². The van der Waals surface area contributed by atoms with E-state index in [4.69, 9.17) is 140 Å². The Morgan fingerprint density at radius 1 is 0.220 bits per heavy atom. The lowest BCUT2D eigenvalue weighted by atomic mass is 10.8. The SMILES string of the molecule is C=O.C=O.C=O.C=O.C=O.C=O.CCO[Si](C)(C)C=C[Si](C)(C)C.CCO[Si](C)(C=C[Si](C)(C)C)OCC.CCO[Si](C=C[Si](C)(C)C)(OCC)OCC.CO[Si](C)(C)C=C[Si](C)(C)CO.CO[Si](C)(C/C=C/[Si](C)(CO)CO)OC.CO[Si](C)(C/C=C/[Si](CO)(CO)CO)OC.CO[Si](C)(C=C[Si](C)(CO)CO)OC.CO[Si](C=C[Si](CO)(CO)CO)(OC)OC. The van der Waals surface area contributed by atoms with Crippen LogP contribution in [-0.4, -0.2) is 409 Å². The van der Waals surface area contributed by atoms with Gasteiger partial charge in [0.1, 0.15) is 56.9 Å². The summed E-state index contributed by atoms with van der Waals surface area (Å²) in [5, 5.41) is 101. The fraction of sp³-hybridized carbons (Fsp3) is 0.718. The van der Waals surface area contributed by atoms with Crippen LogP contribution >= 0.6 is 0 Å². The lowest BCUT2D eigenvalue weighted by Gasteiger charge is -2.26. The summed E-state index contributed by atoms with van der Waals surface area (Å²) < 4.78 is 86.9. The van der Waals surface area contributed by atoms with Crippen LogP contribution < -0.4 is 0 Å². The largest absolute Gasteiger partial charge is 0.528 e. The number of aliphatic hydroxyl groups is 11. The van der Waals surface area contributed by atoms with E-state index in [0.717, 1.165) is 25.9 Å². The number of hydrogen-bond donors (Lipinski definition) is 11. The maximum Gasteiger partial charge on any atom is 0.528 e. The van der Waals surface area contributed by atoms with Gasteiger partial charge in [0, 0.05) is 191 Å². The summed E-state index contributed by atoms with van der Waals surface area (Å²) in [4.78, 5) is 48.0. The minimum atomic E-state index is -2.86. The Balaban J connectivity index is -0.0000000941. The molecule has 0 aromatic rings. The maximum absolute atomic E-state index is 9.17. The fourth-order valence-corrected chi connectivity index (χ4v) is 37.0. The Morgan fingerprint density at radius 2 is 0.480 bits per heavy atom. The molecule has 0 fully saturated rings. The standard InChI is InChI=1S/C11H26O3Si2.C10H24O2Si2.C9H22O5Si2.C9H22O4Si2.C9H22OSi2.C8H20O6Si2.C8H20O4Si2.C8H20O2Si2.6CH2O/c1-7-12-16(13-8-2,14-9-3)11-10-15(4,5)6;1-7-11-14(6,12-8-2)10-9-13(3,4)5;1-13-15(3,14-2)5-4-6-16(7-10,8-11)9-12;1-12-15(4,13-2)7-5-6-14(3,8-10)9-11;1-7-10-12(5,6)9-8-11(2,3)4;1-12-16(13-2,14-3)5-4-15(6-9,7-10)8-11;1-11-14(4,12-2)6-5-13(3,7-9)8-10;1-10-12(4,5)7-6-11(2,3)8-9;6*1-2/h10-11H,7-9H2,1-6H3;9-10H,7-8H2,1-6H3;4,6,10-12H,5,7-9H2,1-3H3;5-6,10-11H,7-9H2,1-4H3;8-9H,7H2,1-6H3;4-5,9-11H,6-8H2,1-3H3;5-6,9-10H,7-8H2,1-4H3;6-7,9H,8H2,1-5H3;6*1H2/b;;6-4+;6-5+;;;;;;;;;;. The van der Waals surface area contributed by atoms with Crippen molar-refractivity contribution < 1.29 is 156 Å². The summed E-state index contributed by atoms with van der Waals surface area (Å²) in [6.07, 6.45) is 3.16. The number of carbonyl (C=O) groups is 6. The first-order chi connectivity index (χ1) is 58.8. The summed E-state index contributed by atoms with van der Waals surface area (Å²) in [5.41, 5.74) is 28.6. The first-order valence-corrected chi connectivity index (χ1v) is 86.0. The molecule has 0 aromatic carbocycles. The molecule has 0 radical (unpaired) electrons. The van der Waals surface area contributed by atoms with Crippen molar-refractivity contribution in [2.24, 2.45) is 0 Å². The zero-order valence-electron chi connectivity index (χ0n) is 85.8. The molecule has 0 aromatic heterocycles. The molecule has 0 saturated heterocycles. The molecule has 49 heteroatoms. The molecular weight excluding hydrogens is 1910 g/mol. The van der Waals surface area contributed by atoms with Crippen LogP contribution in [-0.2, 0) is 99.6 Å². The van der Waals surface area contributed by atoms with Crippen molar-refractivity contribution in [2.45, 2.75) is 191 Å². The first-order valence-electron chi connectivity index (χ1n) is 41.2. The summed E-state index contributed by atoms with van der Waals surface area (Å²) in [5.74, 6) is 0. The highest BCUT2D eigenvalue weighted by atomic mass is 28.4. The summed E-state index contributed by atoms with van der Waals surface area (Å²) in [7, 11) is -14.9. The van der Waals surface area contributed by atoms with Crippen LogP contribution in [0.4, 0.5) is 0 Å². The van der Waals surface area contributed by atoms with Crippen LogP contribution in [0.25, 0.3) is 0 Å².